The Balaban J connectivity index is 1.30. The fourth-order valence-corrected chi connectivity index (χ4v) is 7.99. The molecule has 6 atom stereocenters. The van der Waals surface area contributed by atoms with Crippen molar-refractivity contribution in [1.82, 2.24) is 0 Å². The molecule has 1 aromatic carbocycles. The average molecular weight is 425 g/mol. The first-order chi connectivity index (χ1) is 14.8. The van der Waals surface area contributed by atoms with Crippen LogP contribution >= 0.6 is 0 Å². The maximum absolute atomic E-state index is 13.3. The van der Waals surface area contributed by atoms with E-state index >= 15 is 0 Å². The molecular weight excluding hydrogens is 388 g/mol. The molecule has 1 saturated heterocycles. The number of fused-ring (bicyclic) bond motifs is 3. The van der Waals surface area contributed by atoms with Gasteiger partial charge in [-0.05, 0) is 87.5 Å². The summed E-state index contributed by atoms with van der Waals surface area (Å²) in [5, 5.41) is 0. The van der Waals surface area contributed by atoms with E-state index in [2.05, 4.69) is 26.0 Å². The van der Waals surface area contributed by atoms with Crippen LogP contribution in [0.25, 0.3) is 0 Å². The molecule has 0 radical (unpaired) electrons. The molecule has 1 unspecified atom stereocenters. The third kappa shape index (κ3) is 3.60. The minimum absolute atomic E-state index is 0.00205. The Kier molecular flexibility index (Phi) is 5.18. The summed E-state index contributed by atoms with van der Waals surface area (Å²) in [6.45, 7) is 4.74. The van der Waals surface area contributed by atoms with E-state index in [9.17, 15) is 9.59 Å². The van der Waals surface area contributed by atoms with Gasteiger partial charge in [0.25, 0.3) is 0 Å². The second-order valence-corrected chi connectivity index (χ2v) is 11.3. The summed E-state index contributed by atoms with van der Waals surface area (Å²) in [6, 6.07) is 10.2. The van der Waals surface area contributed by atoms with Crippen LogP contribution in [0, 0.1) is 28.6 Å². The lowest BCUT2D eigenvalue weighted by Gasteiger charge is -2.62. The van der Waals surface area contributed by atoms with Crippen LogP contribution in [0.3, 0.4) is 0 Å². The van der Waals surface area contributed by atoms with Gasteiger partial charge in [-0.15, -0.1) is 0 Å². The molecule has 168 valence electrons. The van der Waals surface area contributed by atoms with Gasteiger partial charge in [0.1, 0.15) is 5.60 Å². The van der Waals surface area contributed by atoms with Crippen molar-refractivity contribution in [2.45, 2.75) is 83.7 Å². The summed E-state index contributed by atoms with van der Waals surface area (Å²) >= 11 is 0. The lowest BCUT2D eigenvalue weighted by Crippen LogP contribution is -2.60. The van der Waals surface area contributed by atoms with Crippen LogP contribution in [-0.2, 0) is 25.5 Å². The van der Waals surface area contributed by atoms with E-state index in [-0.39, 0.29) is 23.0 Å². The Morgan fingerprint density at radius 2 is 1.84 bits per heavy atom. The molecule has 0 aromatic heterocycles. The number of rotatable bonds is 4. The van der Waals surface area contributed by atoms with Crippen LogP contribution in [0.1, 0.15) is 77.2 Å². The number of hydrogen-bond acceptors (Lipinski definition) is 4. The van der Waals surface area contributed by atoms with Gasteiger partial charge in [-0.2, -0.15) is 0 Å². The van der Waals surface area contributed by atoms with Gasteiger partial charge in [-0.1, -0.05) is 36.8 Å². The first-order valence-corrected chi connectivity index (χ1v) is 12.3. The first kappa shape index (κ1) is 21.0. The normalized spacial score (nSPS) is 41.5. The van der Waals surface area contributed by atoms with E-state index < -0.39 is 5.41 Å². The quantitative estimate of drug-likeness (QED) is 0.601. The van der Waals surface area contributed by atoms with Gasteiger partial charge in [-0.3, -0.25) is 9.59 Å². The highest BCUT2D eigenvalue weighted by atomic mass is 16.6. The minimum atomic E-state index is -0.392. The van der Waals surface area contributed by atoms with Gasteiger partial charge in [0.15, 0.2) is 0 Å². The first-order valence-electron chi connectivity index (χ1n) is 12.3. The highest BCUT2D eigenvalue weighted by Crippen LogP contribution is 2.66. The molecule has 4 aliphatic rings. The smallest absolute Gasteiger partial charge is 0.312 e. The Morgan fingerprint density at radius 1 is 1.06 bits per heavy atom. The van der Waals surface area contributed by atoms with Gasteiger partial charge >= 0.3 is 11.9 Å². The largest absolute Gasteiger partial charge is 0.465 e. The lowest BCUT2D eigenvalue weighted by atomic mass is 9.44. The average Bonchev–Trinajstić information content (AvgIpc) is 2.73. The molecule has 1 spiro atoms. The zero-order valence-electron chi connectivity index (χ0n) is 19.0. The molecule has 0 N–H and O–H groups in total. The van der Waals surface area contributed by atoms with E-state index in [1.807, 2.05) is 18.2 Å². The highest BCUT2D eigenvalue weighted by Gasteiger charge is 2.62. The monoisotopic (exact) mass is 424 g/mol. The molecule has 4 fully saturated rings. The molecule has 3 aliphatic carbocycles. The molecule has 1 heterocycles. The van der Waals surface area contributed by atoms with Crippen LogP contribution in [-0.4, -0.2) is 24.1 Å². The van der Waals surface area contributed by atoms with Crippen molar-refractivity contribution in [3.8, 4) is 0 Å². The van der Waals surface area contributed by atoms with Crippen LogP contribution in [0.2, 0.25) is 0 Å². The lowest BCUT2D eigenvalue weighted by molar-refractivity contribution is -0.213. The summed E-state index contributed by atoms with van der Waals surface area (Å²) in [7, 11) is 0. The van der Waals surface area contributed by atoms with Crippen LogP contribution in [0.4, 0.5) is 0 Å². The van der Waals surface area contributed by atoms with E-state index in [0.29, 0.717) is 30.8 Å². The molecule has 3 saturated carbocycles. The molecule has 1 aliphatic heterocycles. The molecule has 31 heavy (non-hydrogen) atoms. The van der Waals surface area contributed by atoms with Crippen molar-refractivity contribution in [3.05, 3.63) is 35.9 Å². The maximum atomic E-state index is 13.3. The van der Waals surface area contributed by atoms with Gasteiger partial charge in [-0.25, -0.2) is 0 Å². The van der Waals surface area contributed by atoms with Crippen molar-refractivity contribution in [3.63, 3.8) is 0 Å². The van der Waals surface area contributed by atoms with E-state index in [1.165, 1.54) is 12.0 Å². The van der Waals surface area contributed by atoms with E-state index in [1.54, 1.807) is 0 Å². The molecule has 2 bridgehead atoms. The number of carbonyl (C=O) groups excluding carboxylic acids is 2. The Bertz CT molecular complexity index is 850. The zero-order chi connectivity index (χ0) is 21.7. The Labute approximate surface area is 186 Å². The summed E-state index contributed by atoms with van der Waals surface area (Å²) < 4.78 is 11.6. The van der Waals surface area contributed by atoms with Gasteiger partial charge in [0.05, 0.1) is 18.4 Å². The predicted octanol–water partition coefficient (Wildman–Crippen LogP) is 5.48. The van der Waals surface area contributed by atoms with Gasteiger partial charge < -0.3 is 9.47 Å². The third-order valence-electron chi connectivity index (χ3n) is 9.33. The summed E-state index contributed by atoms with van der Waals surface area (Å²) in [6.07, 6.45) is 9.74. The number of benzene rings is 1. The van der Waals surface area contributed by atoms with Crippen LogP contribution in [0.5, 0.6) is 0 Å². The Hall–Kier alpha value is -1.84. The van der Waals surface area contributed by atoms with Crippen molar-refractivity contribution in [2.24, 2.45) is 28.6 Å². The second-order valence-electron chi connectivity index (χ2n) is 11.3. The second kappa shape index (κ2) is 7.64. The van der Waals surface area contributed by atoms with Gasteiger partial charge in [0, 0.05) is 6.42 Å². The fraction of sp³-hybridized carbons (Fsp3) is 0.704. The molecule has 4 heteroatoms. The standard InChI is InChI=1S/C27H36O4/c1-25-14-10-22-20-9-6-13-26(2,24(29)30-16-12-19-7-4-3-5-8-19)21(20)11-15-27(22,18-25)17-23(28)31-25/h3-5,7-8,20-22H,6,9-18H2,1-2H3/t20?,21-,22-,25-,26+,27-/m0/s1. The molecule has 4 nitrogen and oxygen atoms in total. The summed E-state index contributed by atoms with van der Waals surface area (Å²) in [5.41, 5.74) is 0.638. The zero-order valence-corrected chi connectivity index (χ0v) is 19.0. The molecular formula is C27H36O4. The molecule has 5 rings (SSSR count). The van der Waals surface area contributed by atoms with Crippen LogP contribution in [0.15, 0.2) is 30.3 Å². The van der Waals surface area contributed by atoms with Crippen molar-refractivity contribution in [1.29, 1.82) is 0 Å². The van der Waals surface area contributed by atoms with Crippen molar-refractivity contribution in [2.75, 3.05) is 6.61 Å². The summed E-state index contributed by atoms with van der Waals surface area (Å²) in [5.74, 6) is 1.45. The maximum Gasteiger partial charge on any atom is 0.312 e. The number of esters is 2. The molecule has 1 aromatic rings. The molecule has 0 amide bonds. The highest BCUT2D eigenvalue weighted by molar-refractivity contribution is 5.77. The van der Waals surface area contributed by atoms with Crippen molar-refractivity contribution >= 4 is 11.9 Å². The Morgan fingerprint density at radius 3 is 2.65 bits per heavy atom. The number of ether oxygens (including phenoxy) is 2. The van der Waals surface area contributed by atoms with Crippen LogP contribution < -0.4 is 0 Å². The van der Waals surface area contributed by atoms with Gasteiger partial charge in [0.2, 0.25) is 0 Å². The topological polar surface area (TPSA) is 52.6 Å². The predicted molar refractivity (Wildman–Crippen MR) is 118 cm³/mol. The fourth-order valence-electron chi connectivity index (χ4n) is 7.99. The number of hydrogen-bond donors (Lipinski definition) is 0. The third-order valence-corrected chi connectivity index (χ3v) is 9.33. The van der Waals surface area contributed by atoms with E-state index in [4.69, 9.17) is 9.47 Å². The van der Waals surface area contributed by atoms with E-state index in [0.717, 1.165) is 51.4 Å². The number of carbonyl (C=O) groups is 2. The SMILES string of the molecule is C[C@@]12CC[C@H]3C4CCC[C@@](C)(C(=O)OCCc5ccccc5)[C@H]4CC[C@]3(CC(=O)O1)C2. The summed E-state index contributed by atoms with van der Waals surface area (Å²) in [4.78, 5) is 25.8. The minimum Gasteiger partial charge on any atom is -0.465 e. The van der Waals surface area contributed by atoms with Crippen molar-refractivity contribution < 1.29 is 19.1 Å².